The lowest BCUT2D eigenvalue weighted by Crippen LogP contribution is -2.10. The third-order valence-corrected chi connectivity index (χ3v) is 3.61. The molecule has 4 rings (SSSR count). The molecule has 0 atom stereocenters. The summed E-state index contributed by atoms with van der Waals surface area (Å²) in [7, 11) is 0. The molecule has 2 aromatic carbocycles. The molecule has 25 heavy (non-hydrogen) atoms. The number of nitrogens with zero attached hydrogens (tertiary/aromatic N) is 3. The van der Waals surface area contributed by atoms with Gasteiger partial charge in [-0.05, 0) is 29.5 Å². The molecule has 0 saturated heterocycles. The van der Waals surface area contributed by atoms with E-state index in [2.05, 4.69) is 25.9 Å². The van der Waals surface area contributed by atoms with Gasteiger partial charge in [-0.3, -0.25) is 4.79 Å². The second-order valence-electron chi connectivity index (χ2n) is 5.30. The van der Waals surface area contributed by atoms with Crippen molar-refractivity contribution in [2.45, 2.75) is 0 Å². The minimum Gasteiger partial charge on any atom is -0.451 e. The zero-order valence-corrected chi connectivity index (χ0v) is 13.0. The maximum absolute atomic E-state index is 12.4. The molecule has 0 radical (unpaired) electrons. The van der Waals surface area contributed by atoms with Crippen LogP contribution in [0.15, 0.2) is 71.1 Å². The van der Waals surface area contributed by atoms with Crippen molar-refractivity contribution in [3.63, 3.8) is 0 Å². The van der Waals surface area contributed by atoms with Gasteiger partial charge < -0.3 is 9.73 Å². The van der Waals surface area contributed by atoms with Crippen LogP contribution in [0.5, 0.6) is 0 Å². The third kappa shape index (κ3) is 3.16. The number of rotatable bonds is 4. The summed E-state index contributed by atoms with van der Waals surface area (Å²) in [6, 6.07) is 20.2. The molecule has 1 amide bonds. The molecule has 0 saturated carbocycles. The maximum Gasteiger partial charge on any atom is 0.291 e. The molecule has 0 fully saturated rings. The Hall–Kier alpha value is -3.74. The number of aromatic nitrogens is 4. The van der Waals surface area contributed by atoms with Gasteiger partial charge in [-0.25, -0.2) is 0 Å². The zero-order valence-electron chi connectivity index (χ0n) is 13.0. The Morgan fingerprint density at radius 3 is 2.60 bits per heavy atom. The largest absolute Gasteiger partial charge is 0.451 e. The molecule has 2 N–H and O–H groups in total. The third-order valence-electron chi connectivity index (χ3n) is 3.61. The molecule has 4 aromatic rings. The summed E-state index contributed by atoms with van der Waals surface area (Å²) < 4.78 is 5.65. The quantitative estimate of drug-likeness (QED) is 0.597. The van der Waals surface area contributed by atoms with Crippen molar-refractivity contribution < 1.29 is 9.21 Å². The van der Waals surface area contributed by atoms with E-state index in [1.807, 2.05) is 36.4 Å². The topological polar surface area (TPSA) is 96.7 Å². The predicted octanol–water partition coefficient (Wildman–Crippen LogP) is 3.38. The predicted molar refractivity (Wildman–Crippen MR) is 91.7 cm³/mol. The van der Waals surface area contributed by atoms with Crippen molar-refractivity contribution in [1.82, 2.24) is 20.6 Å². The highest BCUT2D eigenvalue weighted by Gasteiger charge is 2.13. The first-order valence-corrected chi connectivity index (χ1v) is 7.60. The van der Waals surface area contributed by atoms with Crippen LogP contribution in [0.2, 0.25) is 0 Å². The summed E-state index contributed by atoms with van der Waals surface area (Å²) in [5, 5.41) is 16.6. The molecule has 0 aliphatic carbocycles. The average molecular weight is 331 g/mol. The standard InChI is InChI=1S/C18H13N5O2/c24-18(16-10-9-15(25-16)12-5-2-1-3-6-12)19-14-8-4-7-13(11-14)17-20-22-23-21-17/h1-11H,(H,19,24)(H,20,21,22,23). The smallest absolute Gasteiger partial charge is 0.291 e. The van der Waals surface area contributed by atoms with Gasteiger partial charge in [0, 0.05) is 16.8 Å². The van der Waals surface area contributed by atoms with Crippen molar-refractivity contribution in [1.29, 1.82) is 0 Å². The van der Waals surface area contributed by atoms with E-state index in [-0.39, 0.29) is 11.7 Å². The number of hydrogen-bond donors (Lipinski definition) is 2. The Morgan fingerprint density at radius 1 is 0.960 bits per heavy atom. The van der Waals surface area contributed by atoms with E-state index in [9.17, 15) is 4.79 Å². The van der Waals surface area contributed by atoms with Crippen LogP contribution in [0.25, 0.3) is 22.7 Å². The normalized spacial score (nSPS) is 10.6. The van der Waals surface area contributed by atoms with Crippen molar-refractivity contribution >= 4 is 11.6 Å². The zero-order chi connectivity index (χ0) is 17.1. The Bertz CT molecular complexity index is 993. The van der Waals surface area contributed by atoms with Crippen LogP contribution in [0, 0.1) is 0 Å². The van der Waals surface area contributed by atoms with E-state index in [1.165, 1.54) is 0 Å². The highest BCUT2D eigenvalue weighted by atomic mass is 16.3. The van der Waals surface area contributed by atoms with Crippen LogP contribution in [-0.4, -0.2) is 26.5 Å². The lowest BCUT2D eigenvalue weighted by atomic mass is 10.2. The number of H-pyrrole nitrogens is 1. The Balaban J connectivity index is 1.53. The SMILES string of the molecule is O=C(Nc1cccc(-c2nn[nH]n2)c1)c1ccc(-c2ccccc2)o1. The van der Waals surface area contributed by atoms with Crippen molar-refractivity contribution in [2.24, 2.45) is 0 Å². The van der Waals surface area contributed by atoms with Crippen LogP contribution < -0.4 is 5.32 Å². The van der Waals surface area contributed by atoms with Crippen molar-refractivity contribution in [3.8, 4) is 22.7 Å². The van der Waals surface area contributed by atoms with E-state index >= 15 is 0 Å². The van der Waals surface area contributed by atoms with Crippen LogP contribution >= 0.6 is 0 Å². The fraction of sp³-hybridized carbons (Fsp3) is 0. The summed E-state index contributed by atoms with van der Waals surface area (Å²) in [5.41, 5.74) is 2.28. The average Bonchev–Trinajstić information content (AvgIpc) is 3.35. The van der Waals surface area contributed by atoms with Gasteiger partial charge in [0.1, 0.15) is 5.76 Å². The summed E-state index contributed by atoms with van der Waals surface area (Å²) in [5.74, 6) is 1.02. The van der Waals surface area contributed by atoms with E-state index in [4.69, 9.17) is 4.42 Å². The first-order chi connectivity index (χ1) is 12.3. The number of anilines is 1. The Morgan fingerprint density at radius 2 is 1.80 bits per heavy atom. The van der Waals surface area contributed by atoms with Gasteiger partial charge in [-0.15, -0.1) is 10.2 Å². The highest BCUT2D eigenvalue weighted by molar-refractivity contribution is 6.02. The molecule has 0 unspecified atom stereocenters. The van der Waals surface area contributed by atoms with E-state index in [0.29, 0.717) is 17.3 Å². The summed E-state index contributed by atoms with van der Waals surface area (Å²) in [6.07, 6.45) is 0. The molecule has 2 heterocycles. The maximum atomic E-state index is 12.4. The van der Waals surface area contributed by atoms with E-state index in [0.717, 1.165) is 11.1 Å². The lowest BCUT2D eigenvalue weighted by molar-refractivity contribution is 0.0997. The monoisotopic (exact) mass is 331 g/mol. The molecule has 0 bridgehead atoms. The first kappa shape index (κ1) is 14.8. The number of nitrogens with one attached hydrogen (secondary N) is 2. The molecule has 2 aromatic heterocycles. The highest BCUT2D eigenvalue weighted by Crippen LogP contribution is 2.23. The molecular formula is C18H13N5O2. The molecule has 7 heteroatoms. The minimum absolute atomic E-state index is 0.240. The molecule has 122 valence electrons. The van der Waals surface area contributed by atoms with Crippen molar-refractivity contribution in [2.75, 3.05) is 5.32 Å². The number of aromatic amines is 1. The summed E-state index contributed by atoms with van der Waals surface area (Å²) in [4.78, 5) is 12.4. The number of carbonyl (C=O) groups excluding carboxylic acids is 1. The van der Waals surface area contributed by atoms with Crippen LogP contribution in [0.4, 0.5) is 5.69 Å². The van der Waals surface area contributed by atoms with Gasteiger partial charge in [0.05, 0.1) is 0 Å². The molecular weight excluding hydrogens is 318 g/mol. The molecule has 0 aliphatic heterocycles. The fourth-order valence-electron chi connectivity index (χ4n) is 2.43. The number of furan rings is 1. The summed E-state index contributed by atoms with van der Waals surface area (Å²) in [6.45, 7) is 0. The van der Waals surface area contributed by atoms with Gasteiger partial charge in [0.15, 0.2) is 5.76 Å². The van der Waals surface area contributed by atoms with Gasteiger partial charge in [0.25, 0.3) is 5.91 Å². The fourth-order valence-corrected chi connectivity index (χ4v) is 2.43. The second kappa shape index (κ2) is 6.40. The van der Waals surface area contributed by atoms with Gasteiger partial charge in [-0.2, -0.15) is 5.21 Å². The van der Waals surface area contributed by atoms with Gasteiger partial charge in [0.2, 0.25) is 5.82 Å². The molecule has 0 aliphatic rings. The van der Waals surface area contributed by atoms with E-state index < -0.39 is 0 Å². The Labute approximate surface area is 142 Å². The number of amides is 1. The summed E-state index contributed by atoms with van der Waals surface area (Å²) >= 11 is 0. The van der Waals surface area contributed by atoms with Gasteiger partial charge in [-0.1, -0.05) is 42.5 Å². The van der Waals surface area contributed by atoms with Crippen molar-refractivity contribution in [3.05, 3.63) is 72.5 Å². The van der Waals surface area contributed by atoms with Crippen LogP contribution in [0.3, 0.4) is 0 Å². The van der Waals surface area contributed by atoms with Crippen LogP contribution in [-0.2, 0) is 0 Å². The van der Waals surface area contributed by atoms with Gasteiger partial charge >= 0.3 is 0 Å². The first-order valence-electron chi connectivity index (χ1n) is 7.60. The van der Waals surface area contributed by atoms with E-state index in [1.54, 1.807) is 30.3 Å². The lowest BCUT2D eigenvalue weighted by Gasteiger charge is -2.04. The van der Waals surface area contributed by atoms with Crippen LogP contribution in [0.1, 0.15) is 10.6 Å². The minimum atomic E-state index is -0.326. The Kier molecular flexibility index (Phi) is 3.80. The second-order valence-corrected chi connectivity index (χ2v) is 5.30. The number of benzene rings is 2. The molecule has 0 spiro atoms. The number of hydrogen-bond acceptors (Lipinski definition) is 5. The number of tetrazole rings is 1. The molecule has 7 nitrogen and oxygen atoms in total. The number of carbonyl (C=O) groups is 1.